The summed E-state index contributed by atoms with van der Waals surface area (Å²) in [4.78, 5) is 11.5. The van der Waals surface area contributed by atoms with Crippen molar-refractivity contribution in [3.63, 3.8) is 0 Å². The number of halogens is 1. The lowest BCUT2D eigenvalue weighted by atomic mass is 9.98. The average Bonchev–Trinajstić information content (AvgIpc) is 2.25. The first kappa shape index (κ1) is 14.4. The lowest BCUT2D eigenvalue weighted by Gasteiger charge is -2.28. The van der Waals surface area contributed by atoms with Crippen LogP contribution in [0.5, 0.6) is 0 Å². The van der Waals surface area contributed by atoms with Crippen LogP contribution < -0.4 is 5.14 Å². The Hall–Kier alpha value is -0.630. The van der Waals surface area contributed by atoms with E-state index in [0.29, 0.717) is 12.8 Å². The molecule has 0 aromatic rings. The molecule has 1 saturated heterocycles. The van der Waals surface area contributed by atoms with Gasteiger partial charge in [-0.25, -0.2) is 5.14 Å². The number of nitrogens with zero attached hydrogens (tertiary/aromatic N) is 1. The van der Waals surface area contributed by atoms with Crippen molar-refractivity contribution in [2.75, 3.05) is 19.7 Å². The summed E-state index contributed by atoms with van der Waals surface area (Å²) in [5, 5.41) is 5.23. The molecular weight excluding hydrogens is 268 g/mol. The van der Waals surface area contributed by atoms with Crippen molar-refractivity contribution in [3.05, 3.63) is 11.6 Å². The molecule has 1 heterocycles. The number of nitrogens with two attached hydrogens (primary N) is 1. The molecule has 0 radical (unpaired) electrons. The zero-order valence-corrected chi connectivity index (χ0v) is 10.8. The first-order chi connectivity index (χ1) is 7.80. The molecule has 0 unspecified atom stereocenters. The van der Waals surface area contributed by atoms with Crippen LogP contribution >= 0.6 is 11.6 Å². The molecule has 0 atom stereocenters. The highest BCUT2D eigenvalue weighted by Gasteiger charge is 2.30. The van der Waals surface area contributed by atoms with Gasteiger partial charge in [0, 0.05) is 18.1 Å². The Morgan fingerprint density at radius 1 is 1.47 bits per heavy atom. The smallest absolute Gasteiger partial charge is 0.309 e. The van der Waals surface area contributed by atoms with Crippen LogP contribution in [0.4, 0.5) is 0 Å². The van der Waals surface area contributed by atoms with Crippen molar-refractivity contribution < 1.29 is 17.9 Å². The summed E-state index contributed by atoms with van der Waals surface area (Å²) in [5.74, 6) is -0.676. The van der Waals surface area contributed by atoms with Gasteiger partial charge in [-0.1, -0.05) is 18.2 Å². The van der Waals surface area contributed by atoms with E-state index in [1.807, 2.05) is 0 Å². The number of hydrogen-bond donors (Lipinski definition) is 1. The zero-order chi connectivity index (χ0) is 13.1. The van der Waals surface area contributed by atoms with Crippen LogP contribution in [0, 0.1) is 5.92 Å². The van der Waals surface area contributed by atoms with Gasteiger partial charge in [0.15, 0.2) is 0 Å². The van der Waals surface area contributed by atoms with Crippen LogP contribution in [0.2, 0.25) is 0 Å². The number of carbonyl (C=O) groups is 1. The molecule has 0 aliphatic carbocycles. The highest BCUT2D eigenvalue weighted by atomic mass is 35.5. The van der Waals surface area contributed by atoms with E-state index in [2.05, 4.69) is 6.58 Å². The van der Waals surface area contributed by atoms with Crippen LogP contribution in [0.15, 0.2) is 11.6 Å². The molecule has 0 saturated carbocycles. The van der Waals surface area contributed by atoms with Crippen LogP contribution in [0.1, 0.15) is 12.8 Å². The van der Waals surface area contributed by atoms with Gasteiger partial charge in [-0.3, -0.25) is 4.79 Å². The van der Waals surface area contributed by atoms with Crippen molar-refractivity contribution in [1.82, 2.24) is 4.31 Å². The van der Waals surface area contributed by atoms with Crippen LogP contribution in [-0.2, 0) is 19.7 Å². The quantitative estimate of drug-likeness (QED) is 0.746. The van der Waals surface area contributed by atoms with Crippen LogP contribution in [0.25, 0.3) is 0 Å². The summed E-state index contributed by atoms with van der Waals surface area (Å²) >= 11 is 5.47. The molecule has 0 aromatic heterocycles. The Kier molecular flexibility index (Phi) is 4.93. The van der Waals surface area contributed by atoms with Gasteiger partial charge in [0.2, 0.25) is 0 Å². The lowest BCUT2D eigenvalue weighted by Crippen LogP contribution is -2.43. The van der Waals surface area contributed by atoms with Gasteiger partial charge in [0.05, 0.1) is 5.92 Å². The van der Waals surface area contributed by atoms with Crippen molar-refractivity contribution in [1.29, 1.82) is 0 Å². The average molecular weight is 283 g/mol. The van der Waals surface area contributed by atoms with Crippen molar-refractivity contribution in [3.8, 4) is 0 Å². The second-order valence-corrected chi connectivity index (χ2v) is 5.92. The molecule has 1 aliphatic heterocycles. The highest BCUT2D eigenvalue weighted by molar-refractivity contribution is 7.86. The fraction of sp³-hybridized carbons (Fsp3) is 0.667. The molecule has 0 aromatic carbocycles. The van der Waals surface area contributed by atoms with E-state index in [0.717, 1.165) is 4.31 Å². The SMILES string of the molecule is C=C(Cl)COC(=O)C1CCN(S(N)(=O)=O)CC1. The third-order valence-electron chi connectivity index (χ3n) is 2.52. The zero-order valence-electron chi connectivity index (χ0n) is 9.26. The molecule has 2 N–H and O–H groups in total. The van der Waals surface area contributed by atoms with Gasteiger partial charge in [-0.2, -0.15) is 12.7 Å². The van der Waals surface area contributed by atoms with Gasteiger partial charge < -0.3 is 4.74 Å². The van der Waals surface area contributed by atoms with E-state index in [-0.39, 0.29) is 36.6 Å². The standard InChI is InChI=1S/C9H15ClN2O4S/c1-7(10)6-16-9(13)8-2-4-12(5-3-8)17(11,14)15/h8H,1-6H2,(H2,11,14,15). The maximum Gasteiger partial charge on any atom is 0.309 e. The van der Waals surface area contributed by atoms with Gasteiger partial charge in [0.25, 0.3) is 10.2 Å². The molecule has 1 fully saturated rings. The minimum absolute atomic E-state index is 0.0181. The molecule has 6 nitrogen and oxygen atoms in total. The van der Waals surface area contributed by atoms with E-state index in [9.17, 15) is 13.2 Å². The van der Waals surface area contributed by atoms with Crippen molar-refractivity contribution >= 4 is 27.8 Å². The number of esters is 1. The fourth-order valence-corrected chi connectivity index (χ4v) is 2.39. The van der Waals surface area contributed by atoms with Crippen molar-refractivity contribution in [2.45, 2.75) is 12.8 Å². The second kappa shape index (κ2) is 5.81. The van der Waals surface area contributed by atoms with Crippen LogP contribution in [0.3, 0.4) is 0 Å². The molecular formula is C9H15ClN2O4S. The largest absolute Gasteiger partial charge is 0.460 e. The number of carbonyl (C=O) groups excluding carboxylic acids is 1. The summed E-state index contributed by atoms with van der Waals surface area (Å²) in [6.45, 7) is 3.86. The summed E-state index contributed by atoms with van der Waals surface area (Å²) in [7, 11) is -3.65. The van der Waals surface area contributed by atoms with E-state index >= 15 is 0 Å². The number of piperidine rings is 1. The highest BCUT2D eigenvalue weighted by Crippen LogP contribution is 2.20. The van der Waals surface area contributed by atoms with Gasteiger partial charge in [-0.15, -0.1) is 0 Å². The molecule has 0 spiro atoms. The maximum atomic E-state index is 11.5. The predicted molar refractivity (Wildman–Crippen MR) is 63.4 cm³/mol. The Bertz CT molecular complexity index is 401. The van der Waals surface area contributed by atoms with E-state index in [1.165, 1.54) is 0 Å². The van der Waals surface area contributed by atoms with E-state index in [4.69, 9.17) is 21.5 Å². The lowest BCUT2D eigenvalue weighted by molar-refractivity contribution is -0.148. The predicted octanol–water partition coefficient (Wildman–Crippen LogP) is 0.198. The van der Waals surface area contributed by atoms with Crippen LogP contribution in [-0.4, -0.2) is 38.4 Å². The molecule has 1 rings (SSSR count). The third kappa shape index (κ3) is 4.63. The first-order valence-corrected chi connectivity index (χ1v) is 6.96. The summed E-state index contributed by atoms with van der Waals surface area (Å²) in [6.07, 6.45) is 0.814. The van der Waals surface area contributed by atoms with Crippen molar-refractivity contribution in [2.24, 2.45) is 11.1 Å². The third-order valence-corrected chi connectivity index (χ3v) is 3.71. The molecule has 98 valence electrons. The first-order valence-electron chi connectivity index (χ1n) is 5.08. The molecule has 8 heteroatoms. The molecule has 0 bridgehead atoms. The molecule has 1 aliphatic rings. The number of hydrogen-bond acceptors (Lipinski definition) is 4. The summed E-state index contributed by atoms with van der Waals surface area (Å²) in [6, 6.07) is 0. The number of ether oxygens (including phenoxy) is 1. The Balaban J connectivity index is 2.41. The minimum atomic E-state index is -3.65. The maximum absolute atomic E-state index is 11.5. The van der Waals surface area contributed by atoms with E-state index < -0.39 is 10.2 Å². The molecule has 0 amide bonds. The fourth-order valence-electron chi connectivity index (χ4n) is 1.61. The van der Waals surface area contributed by atoms with Gasteiger partial charge in [0.1, 0.15) is 6.61 Å². The Labute approximate surface area is 106 Å². The van der Waals surface area contributed by atoms with Gasteiger partial charge in [-0.05, 0) is 12.8 Å². The Morgan fingerprint density at radius 3 is 2.41 bits per heavy atom. The monoisotopic (exact) mass is 282 g/mol. The van der Waals surface area contributed by atoms with Gasteiger partial charge >= 0.3 is 5.97 Å². The second-order valence-electron chi connectivity index (χ2n) is 3.84. The van der Waals surface area contributed by atoms with E-state index in [1.54, 1.807) is 0 Å². The summed E-state index contributed by atoms with van der Waals surface area (Å²) in [5.41, 5.74) is 0. The molecule has 17 heavy (non-hydrogen) atoms. The number of rotatable bonds is 4. The minimum Gasteiger partial charge on any atom is -0.460 e. The topological polar surface area (TPSA) is 89.7 Å². The normalized spacial score (nSPS) is 18.9. The summed E-state index contributed by atoms with van der Waals surface area (Å²) < 4.78 is 28.1. The Morgan fingerprint density at radius 2 is 2.00 bits per heavy atom.